The number of oxime groups is 1. The van der Waals surface area contributed by atoms with Gasteiger partial charge in [-0.15, -0.1) is 17.4 Å². The molecule has 2 atom stereocenters. The largest absolute Gasteiger partial charge is 0.384 e. The molecule has 0 aromatic carbocycles. The fraction of sp³-hybridized carbons (Fsp3) is 0.789. The van der Waals surface area contributed by atoms with Crippen LogP contribution < -0.4 is 5.32 Å². The van der Waals surface area contributed by atoms with Crippen molar-refractivity contribution in [2.75, 3.05) is 33.0 Å². The summed E-state index contributed by atoms with van der Waals surface area (Å²) in [4.78, 5) is 5.72. The molecule has 0 aliphatic carbocycles. The predicted octanol–water partition coefficient (Wildman–Crippen LogP) is 0.851. The van der Waals surface area contributed by atoms with Crippen LogP contribution in [0, 0.1) is 18.3 Å². The van der Waals surface area contributed by atoms with E-state index in [4.69, 9.17) is 20.7 Å². The van der Waals surface area contributed by atoms with Crippen molar-refractivity contribution in [3.63, 3.8) is 0 Å². The van der Waals surface area contributed by atoms with Crippen LogP contribution in [0.3, 0.4) is 0 Å². The van der Waals surface area contributed by atoms with Crippen molar-refractivity contribution in [2.24, 2.45) is 21.3 Å². The van der Waals surface area contributed by atoms with E-state index in [9.17, 15) is 0 Å². The molecule has 5 rings (SSSR count). The highest BCUT2D eigenvalue weighted by Gasteiger charge is 2.49. The van der Waals surface area contributed by atoms with E-state index in [2.05, 4.69) is 42.1 Å². The van der Waals surface area contributed by atoms with Crippen molar-refractivity contribution in [1.82, 2.24) is 25.5 Å². The summed E-state index contributed by atoms with van der Waals surface area (Å²) in [6.07, 6.45) is 9.32. The first-order valence-electron chi connectivity index (χ1n) is 10.5. The van der Waals surface area contributed by atoms with Crippen LogP contribution in [0.15, 0.2) is 15.4 Å². The molecule has 2 fully saturated rings. The van der Waals surface area contributed by atoms with Crippen molar-refractivity contribution in [3.8, 4) is 12.3 Å². The zero-order chi connectivity index (χ0) is 20.4. The molecule has 0 bridgehead atoms. The fourth-order valence-electron chi connectivity index (χ4n) is 4.15. The Labute approximate surface area is 174 Å². The molecule has 1 spiro atoms. The Morgan fingerprint density at radius 2 is 2.17 bits per heavy atom. The third-order valence-electron chi connectivity index (χ3n) is 6.12. The van der Waals surface area contributed by atoms with Crippen molar-refractivity contribution in [2.45, 2.75) is 56.0 Å². The number of nitrogens with zero attached hydrogens (tertiary/aromatic N) is 7. The Kier molecular flexibility index (Phi) is 5.22. The Morgan fingerprint density at radius 3 is 2.83 bits per heavy atom. The first-order chi connectivity index (χ1) is 14.7. The SMILES string of the molecule is C#CCCC1(CCNC(C2=NOC3(COC3)C2)c2nnnn2CC2CCOC2)N=N1. The van der Waals surface area contributed by atoms with Crippen LogP contribution in [-0.4, -0.2) is 70.2 Å². The fourth-order valence-corrected chi connectivity index (χ4v) is 4.15. The van der Waals surface area contributed by atoms with Crippen LogP contribution in [0.4, 0.5) is 0 Å². The van der Waals surface area contributed by atoms with Gasteiger partial charge in [0.25, 0.3) is 0 Å². The van der Waals surface area contributed by atoms with Gasteiger partial charge in [0.15, 0.2) is 17.1 Å². The van der Waals surface area contributed by atoms with Gasteiger partial charge in [-0.25, -0.2) is 4.68 Å². The summed E-state index contributed by atoms with van der Waals surface area (Å²) in [5.74, 6) is 3.82. The number of hydrogen-bond acceptors (Lipinski definition) is 10. The molecular weight excluding hydrogens is 388 g/mol. The quantitative estimate of drug-likeness (QED) is 0.564. The summed E-state index contributed by atoms with van der Waals surface area (Å²) in [7, 11) is 0. The van der Waals surface area contributed by atoms with E-state index in [-0.39, 0.29) is 17.3 Å². The zero-order valence-corrected chi connectivity index (χ0v) is 16.9. The summed E-state index contributed by atoms with van der Waals surface area (Å²) in [6.45, 7) is 4.06. The molecule has 30 heavy (non-hydrogen) atoms. The van der Waals surface area contributed by atoms with E-state index in [1.165, 1.54) is 0 Å². The average Bonchev–Trinajstić information content (AvgIpc) is 3.17. The second-order valence-electron chi connectivity index (χ2n) is 8.50. The Bertz CT molecular complexity index is 859. The van der Waals surface area contributed by atoms with E-state index in [0.29, 0.717) is 38.5 Å². The Morgan fingerprint density at radius 1 is 1.27 bits per heavy atom. The molecule has 0 amide bonds. The third kappa shape index (κ3) is 3.95. The lowest BCUT2D eigenvalue weighted by atomic mass is 9.92. The number of nitrogens with one attached hydrogen (secondary N) is 1. The van der Waals surface area contributed by atoms with Gasteiger partial charge in [0, 0.05) is 51.3 Å². The maximum atomic E-state index is 5.72. The average molecular weight is 414 g/mol. The minimum Gasteiger partial charge on any atom is -0.384 e. The van der Waals surface area contributed by atoms with Gasteiger partial charge in [0.2, 0.25) is 0 Å². The van der Waals surface area contributed by atoms with Gasteiger partial charge in [-0.1, -0.05) is 5.16 Å². The van der Waals surface area contributed by atoms with E-state index < -0.39 is 0 Å². The first kappa shape index (κ1) is 19.5. The van der Waals surface area contributed by atoms with Crippen LogP contribution in [-0.2, 0) is 20.9 Å². The van der Waals surface area contributed by atoms with Gasteiger partial charge in [-0.3, -0.25) is 0 Å². The van der Waals surface area contributed by atoms with Crippen molar-refractivity contribution in [3.05, 3.63) is 5.82 Å². The molecule has 4 aliphatic rings. The van der Waals surface area contributed by atoms with E-state index in [0.717, 1.165) is 50.6 Å². The van der Waals surface area contributed by atoms with Crippen LogP contribution >= 0.6 is 0 Å². The highest BCUT2D eigenvalue weighted by Crippen LogP contribution is 2.37. The van der Waals surface area contributed by atoms with Crippen LogP contribution in [0.2, 0.25) is 0 Å². The highest BCUT2D eigenvalue weighted by atomic mass is 16.7. The highest BCUT2D eigenvalue weighted by molar-refractivity contribution is 5.91. The maximum absolute atomic E-state index is 5.72. The van der Waals surface area contributed by atoms with Gasteiger partial charge in [0.05, 0.1) is 25.5 Å². The van der Waals surface area contributed by atoms with E-state index in [1.54, 1.807) is 0 Å². The van der Waals surface area contributed by atoms with Crippen LogP contribution in [0.5, 0.6) is 0 Å². The maximum Gasteiger partial charge on any atom is 0.193 e. The summed E-state index contributed by atoms with van der Waals surface area (Å²) >= 11 is 0. The molecule has 1 N–H and O–H groups in total. The van der Waals surface area contributed by atoms with Gasteiger partial charge in [0.1, 0.15) is 6.04 Å². The number of aromatic nitrogens is 4. The molecule has 5 heterocycles. The smallest absolute Gasteiger partial charge is 0.193 e. The second-order valence-corrected chi connectivity index (χ2v) is 8.50. The topological polar surface area (TPSA) is 120 Å². The molecule has 11 heteroatoms. The minimum absolute atomic E-state index is 0.245. The third-order valence-corrected chi connectivity index (χ3v) is 6.12. The number of rotatable bonds is 10. The van der Waals surface area contributed by atoms with Crippen LogP contribution in [0.25, 0.3) is 0 Å². The second kappa shape index (κ2) is 8.02. The molecule has 11 nitrogen and oxygen atoms in total. The van der Waals surface area contributed by atoms with Crippen molar-refractivity contribution < 1.29 is 14.3 Å². The zero-order valence-electron chi connectivity index (χ0n) is 16.9. The molecule has 1 aromatic rings. The number of terminal acetylenes is 1. The van der Waals surface area contributed by atoms with Gasteiger partial charge < -0.3 is 19.6 Å². The molecule has 1 aromatic heterocycles. The molecular formula is C19H26N8O3. The minimum atomic E-state index is -0.339. The molecule has 4 aliphatic heterocycles. The molecule has 160 valence electrons. The van der Waals surface area contributed by atoms with Crippen molar-refractivity contribution >= 4 is 5.71 Å². The monoisotopic (exact) mass is 414 g/mol. The lowest BCUT2D eigenvalue weighted by Crippen LogP contribution is -2.50. The van der Waals surface area contributed by atoms with E-state index in [1.807, 2.05) is 4.68 Å². The predicted molar refractivity (Wildman–Crippen MR) is 104 cm³/mol. The summed E-state index contributed by atoms with van der Waals surface area (Å²) in [5.41, 5.74) is 0.218. The lowest BCUT2D eigenvalue weighted by molar-refractivity contribution is -0.194. The number of hydrogen-bond donors (Lipinski definition) is 1. The summed E-state index contributed by atoms with van der Waals surface area (Å²) in [5, 5.41) is 28.9. The molecule has 0 radical (unpaired) electrons. The molecule has 2 unspecified atom stereocenters. The van der Waals surface area contributed by atoms with Gasteiger partial charge in [-0.05, 0) is 16.8 Å². The van der Waals surface area contributed by atoms with Crippen molar-refractivity contribution in [1.29, 1.82) is 0 Å². The summed E-state index contributed by atoms with van der Waals surface area (Å²) in [6, 6.07) is -0.245. The number of ether oxygens (including phenoxy) is 2. The van der Waals surface area contributed by atoms with Gasteiger partial charge in [-0.2, -0.15) is 10.2 Å². The number of tetrazole rings is 1. The van der Waals surface area contributed by atoms with Gasteiger partial charge >= 0.3 is 0 Å². The van der Waals surface area contributed by atoms with Crippen LogP contribution in [0.1, 0.15) is 44.0 Å². The Balaban J connectivity index is 1.28. The molecule has 2 saturated heterocycles. The lowest BCUT2D eigenvalue weighted by Gasteiger charge is -2.34. The first-order valence-corrected chi connectivity index (χ1v) is 10.5. The normalized spacial score (nSPS) is 26.1. The van der Waals surface area contributed by atoms with E-state index >= 15 is 0 Å². The Hall–Kier alpha value is -2.42. The summed E-state index contributed by atoms with van der Waals surface area (Å²) < 4.78 is 12.7. The standard InChI is InChI=1S/C19H26N8O3/c1-2-3-5-19(23-24-19)6-7-20-16(15-9-18(30-22-15)12-29-13-18)17-21-25-26-27(17)10-14-4-8-28-11-14/h1,14,16,20H,3-13H2. The molecule has 0 saturated carbocycles.